The molecule has 0 spiro atoms. The van der Waals surface area contributed by atoms with Gasteiger partial charge in [-0.25, -0.2) is 0 Å². The lowest BCUT2D eigenvalue weighted by molar-refractivity contribution is 0.0751. The van der Waals surface area contributed by atoms with E-state index in [-0.39, 0.29) is 17.9 Å². The van der Waals surface area contributed by atoms with E-state index in [1.807, 2.05) is 12.1 Å². The molecule has 2 aromatic rings. The van der Waals surface area contributed by atoms with Gasteiger partial charge in [-0.05, 0) is 42.9 Å². The summed E-state index contributed by atoms with van der Waals surface area (Å²) in [7, 11) is 1.66. The van der Waals surface area contributed by atoms with Crippen LogP contribution in [0.1, 0.15) is 42.3 Å². The average molecular weight is 289 g/mol. The smallest absolute Gasteiger partial charge is 0.243 e. The molecule has 1 aliphatic rings. The van der Waals surface area contributed by atoms with Crippen LogP contribution in [0.2, 0.25) is 0 Å². The molecule has 21 heavy (non-hydrogen) atoms. The van der Waals surface area contributed by atoms with Crippen molar-refractivity contribution in [2.75, 3.05) is 7.11 Å². The van der Waals surface area contributed by atoms with Gasteiger partial charge in [0.05, 0.1) is 6.04 Å². The van der Waals surface area contributed by atoms with Gasteiger partial charge in [0.15, 0.2) is 0 Å². The third kappa shape index (κ3) is 3.22. The Morgan fingerprint density at radius 2 is 2.10 bits per heavy atom. The Hall–Kier alpha value is -1.92. The molecule has 1 unspecified atom stereocenters. The fourth-order valence-electron chi connectivity index (χ4n) is 2.39. The average Bonchev–Trinajstić information content (AvgIpc) is 3.19. The van der Waals surface area contributed by atoms with Crippen LogP contribution < -0.4 is 5.73 Å². The van der Waals surface area contributed by atoms with Gasteiger partial charge in [0.25, 0.3) is 0 Å². The summed E-state index contributed by atoms with van der Waals surface area (Å²) in [5.74, 6) is 1.73. The molecule has 0 amide bonds. The van der Waals surface area contributed by atoms with E-state index in [2.05, 4.69) is 10.1 Å². The zero-order valence-electron chi connectivity index (χ0n) is 11.9. The standard InChI is InChI=1S/C15H19N3O3/c1-20-13(10-4-5-10)14-17-15(21-18-14)12(16)8-9-2-6-11(19)7-3-9/h2-3,6-7,10,12-13,19H,4-5,8,16H2,1H3/t12-,13?/m0/s1. The maximum Gasteiger partial charge on any atom is 0.243 e. The Labute approximate surface area is 122 Å². The molecule has 1 aromatic heterocycles. The summed E-state index contributed by atoms with van der Waals surface area (Å²) >= 11 is 0. The number of methoxy groups -OCH3 is 1. The monoisotopic (exact) mass is 289 g/mol. The highest BCUT2D eigenvalue weighted by molar-refractivity contribution is 5.26. The highest BCUT2D eigenvalue weighted by Crippen LogP contribution is 2.42. The largest absolute Gasteiger partial charge is 0.508 e. The summed E-state index contributed by atoms with van der Waals surface area (Å²) in [5, 5.41) is 13.3. The maximum absolute atomic E-state index is 9.27. The van der Waals surface area contributed by atoms with E-state index in [9.17, 15) is 5.11 Å². The molecular formula is C15H19N3O3. The first-order valence-corrected chi connectivity index (χ1v) is 7.07. The minimum Gasteiger partial charge on any atom is -0.508 e. The molecule has 1 saturated carbocycles. The summed E-state index contributed by atoms with van der Waals surface area (Å²) in [6.45, 7) is 0. The number of rotatable bonds is 6. The van der Waals surface area contributed by atoms with E-state index in [0.717, 1.165) is 18.4 Å². The van der Waals surface area contributed by atoms with Crippen LogP contribution in [0.4, 0.5) is 0 Å². The van der Waals surface area contributed by atoms with Crippen molar-refractivity contribution in [3.05, 3.63) is 41.5 Å². The summed E-state index contributed by atoms with van der Waals surface area (Å²) in [4.78, 5) is 4.38. The van der Waals surface area contributed by atoms with Crippen LogP contribution in [-0.2, 0) is 11.2 Å². The van der Waals surface area contributed by atoms with Gasteiger partial charge >= 0.3 is 0 Å². The van der Waals surface area contributed by atoms with Crippen LogP contribution in [0, 0.1) is 5.92 Å². The van der Waals surface area contributed by atoms with Gasteiger partial charge in [0.2, 0.25) is 11.7 Å². The summed E-state index contributed by atoms with van der Waals surface area (Å²) in [5.41, 5.74) is 7.12. The van der Waals surface area contributed by atoms with E-state index in [1.165, 1.54) is 0 Å². The van der Waals surface area contributed by atoms with E-state index < -0.39 is 0 Å². The molecule has 0 saturated heterocycles. The fourth-order valence-corrected chi connectivity index (χ4v) is 2.39. The number of hydrogen-bond acceptors (Lipinski definition) is 6. The number of aromatic nitrogens is 2. The van der Waals surface area contributed by atoms with Crippen LogP contribution in [-0.4, -0.2) is 22.4 Å². The van der Waals surface area contributed by atoms with Crippen molar-refractivity contribution in [1.82, 2.24) is 10.1 Å². The van der Waals surface area contributed by atoms with Crippen molar-refractivity contribution >= 4 is 0 Å². The minimum absolute atomic E-state index is 0.0941. The zero-order valence-corrected chi connectivity index (χ0v) is 11.9. The molecule has 1 aromatic carbocycles. The van der Waals surface area contributed by atoms with Crippen molar-refractivity contribution in [3.8, 4) is 5.75 Å². The quantitative estimate of drug-likeness (QED) is 0.845. The topological polar surface area (TPSA) is 94.4 Å². The van der Waals surface area contributed by atoms with E-state index in [0.29, 0.717) is 24.1 Å². The molecule has 6 heteroatoms. The number of aromatic hydroxyl groups is 1. The highest BCUT2D eigenvalue weighted by Gasteiger charge is 2.36. The van der Waals surface area contributed by atoms with Crippen LogP contribution in [0.25, 0.3) is 0 Å². The second-order valence-electron chi connectivity index (χ2n) is 5.46. The van der Waals surface area contributed by atoms with Crippen LogP contribution >= 0.6 is 0 Å². The lowest BCUT2D eigenvalue weighted by Gasteiger charge is -2.09. The van der Waals surface area contributed by atoms with Gasteiger partial charge in [0, 0.05) is 7.11 Å². The molecule has 6 nitrogen and oxygen atoms in total. The molecule has 2 atom stereocenters. The summed E-state index contributed by atoms with van der Waals surface area (Å²) in [6.07, 6.45) is 2.76. The maximum atomic E-state index is 9.27. The van der Waals surface area contributed by atoms with Gasteiger partial charge in [-0.3, -0.25) is 0 Å². The molecule has 3 rings (SSSR count). The molecule has 3 N–H and O–H groups in total. The van der Waals surface area contributed by atoms with Crippen LogP contribution in [0.3, 0.4) is 0 Å². The molecule has 1 aliphatic carbocycles. The summed E-state index contributed by atoms with van der Waals surface area (Å²) < 4.78 is 10.7. The van der Waals surface area contributed by atoms with E-state index in [4.69, 9.17) is 15.0 Å². The Kier molecular flexibility index (Phi) is 3.90. The predicted octanol–water partition coefficient (Wildman–Crippen LogP) is 2.12. The number of benzene rings is 1. The fraction of sp³-hybridized carbons (Fsp3) is 0.467. The minimum atomic E-state index is -0.368. The summed E-state index contributed by atoms with van der Waals surface area (Å²) in [6, 6.07) is 6.56. The second-order valence-corrected chi connectivity index (χ2v) is 5.46. The highest BCUT2D eigenvalue weighted by atomic mass is 16.5. The van der Waals surface area contributed by atoms with Crippen molar-refractivity contribution in [1.29, 1.82) is 0 Å². The predicted molar refractivity (Wildman–Crippen MR) is 75.5 cm³/mol. The molecular weight excluding hydrogens is 270 g/mol. The molecule has 1 heterocycles. The van der Waals surface area contributed by atoms with Gasteiger partial charge in [-0.2, -0.15) is 4.98 Å². The number of ether oxygens (including phenoxy) is 1. The van der Waals surface area contributed by atoms with E-state index in [1.54, 1.807) is 19.2 Å². The Morgan fingerprint density at radius 3 is 2.71 bits per heavy atom. The van der Waals surface area contributed by atoms with Crippen molar-refractivity contribution in [2.45, 2.75) is 31.4 Å². The Bertz CT molecular complexity index is 592. The zero-order chi connectivity index (χ0) is 14.8. The lowest BCUT2D eigenvalue weighted by Crippen LogP contribution is -2.14. The molecule has 0 bridgehead atoms. The third-order valence-corrected chi connectivity index (χ3v) is 3.73. The lowest BCUT2D eigenvalue weighted by atomic mass is 10.1. The second kappa shape index (κ2) is 5.83. The van der Waals surface area contributed by atoms with Gasteiger partial charge < -0.3 is 20.1 Å². The number of phenols is 1. The number of nitrogens with two attached hydrogens (primary N) is 1. The Balaban J connectivity index is 1.68. The van der Waals surface area contributed by atoms with Gasteiger partial charge in [0.1, 0.15) is 11.9 Å². The molecule has 1 fully saturated rings. The van der Waals surface area contributed by atoms with Crippen molar-refractivity contribution < 1.29 is 14.4 Å². The number of phenolic OH excluding ortho intramolecular Hbond substituents is 1. The first-order valence-electron chi connectivity index (χ1n) is 7.07. The van der Waals surface area contributed by atoms with Crippen molar-refractivity contribution in [2.24, 2.45) is 11.7 Å². The number of nitrogens with zero attached hydrogens (tertiary/aromatic N) is 2. The van der Waals surface area contributed by atoms with Crippen molar-refractivity contribution in [3.63, 3.8) is 0 Å². The number of hydrogen-bond donors (Lipinski definition) is 2. The van der Waals surface area contributed by atoms with E-state index >= 15 is 0 Å². The van der Waals surface area contributed by atoms with Crippen LogP contribution in [0.5, 0.6) is 5.75 Å². The first-order chi connectivity index (χ1) is 10.2. The first kappa shape index (κ1) is 14.0. The van der Waals surface area contributed by atoms with Gasteiger partial charge in [-0.15, -0.1) is 0 Å². The molecule has 0 radical (unpaired) electrons. The normalized spacial score (nSPS) is 17.6. The molecule has 0 aliphatic heterocycles. The SMILES string of the molecule is COC(c1noc([C@@H](N)Cc2ccc(O)cc2)n1)C1CC1. The Morgan fingerprint density at radius 1 is 1.38 bits per heavy atom. The van der Waals surface area contributed by atoms with Gasteiger partial charge in [-0.1, -0.05) is 17.3 Å². The third-order valence-electron chi connectivity index (χ3n) is 3.73. The van der Waals surface area contributed by atoms with Crippen LogP contribution in [0.15, 0.2) is 28.8 Å². The molecule has 112 valence electrons.